The number of hydrogen-bond acceptors (Lipinski definition) is 4. The highest BCUT2D eigenvalue weighted by Gasteiger charge is 2.38. The summed E-state index contributed by atoms with van der Waals surface area (Å²) in [4.78, 5) is 19.2. The summed E-state index contributed by atoms with van der Waals surface area (Å²) in [6, 6.07) is 18.7. The van der Waals surface area contributed by atoms with E-state index in [2.05, 4.69) is 10.3 Å². The van der Waals surface area contributed by atoms with Crippen LogP contribution < -0.4 is 10.1 Å². The number of nitrogens with zero attached hydrogens (tertiary/aromatic N) is 2. The van der Waals surface area contributed by atoms with Gasteiger partial charge in [0.25, 0.3) is 5.91 Å². The number of fused-ring (bicyclic) bond motifs is 1. The Labute approximate surface area is 162 Å². The van der Waals surface area contributed by atoms with Gasteiger partial charge in [0.2, 0.25) is 0 Å². The van der Waals surface area contributed by atoms with Crippen LogP contribution >= 0.6 is 11.6 Å². The second kappa shape index (κ2) is 7.29. The molecule has 1 atom stereocenters. The van der Waals surface area contributed by atoms with Crippen molar-refractivity contribution in [2.75, 3.05) is 12.4 Å². The van der Waals surface area contributed by atoms with Crippen molar-refractivity contribution in [2.45, 2.75) is 12.7 Å². The second-order valence-electron chi connectivity index (χ2n) is 6.24. The number of amides is 1. The van der Waals surface area contributed by atoms with Gasteiger partial charge in [0.15, 0.2) is 0 Å². The Balaban J connectivity index is 1.67. The van der Waals surface area contributed by atoms with Gasteiger partial charge in [-0.2, -0.15) is 0 Å². The normalized spacial score (nSPS) is 15.6. The minimum atomic E-state index is -0.393. The summed E-state index contributed by atoms with van der Waals surface area (Å²) < 4.78 is 5.21. The van der Waals surface area contributed by atoms with Gasteiger partial charge in [-0.1, -0.05) is 35.9 Å². The van der Waals surface area contributed by atoms with E-state index < -0.39 is 6.17 Å². The molecule has 1 amide bonds. The van der Waals surface area contributed by atoms with Crippen molar-refractivity contribution >= 4 is 23.2 Å². The van der Waals surface area contributed by atoms with E-state index in [1.807, 2.05) is 48.5 Å². The third-order valence-corrected chi connectivity index (χ3v) is 4.91. The molecule has 0 bridgehead atoms. The summed E-state index contributed by atoms with van der Waals surface area (Å²) in [5.41, 5.74) is 3.07. The zero-order valence-electron chi connectivity index (χ0n) is 14.7. The van der Waals surface area contributed by atoms with Crippen LogP contribution in [0.15, 0.2) is 66.9 Å². The first-order valence-electron chi connectivity index (χ1n) is 8.57. The van der Waals surface area contributed by atoms with Crippen LogP contribution in [0.1, 0.15) is 27.8 Å². The van der Waals surface area contributed by atoms with Crippen LogP contribution in [0.5, 0.6) is 5.75 Å². The van der Waals surface area contributed by atoms with Gasteiger partial charge in [-0.15, -0.1) is 0 Å². The summed E-state index contributed by atoms with van der Waals surface area (Å²) >= 11 is 6.31. The topological polar surface area (TPSA) is 54.5 Å². The molecule has 136 valence electrons. The standard InChI is InChI=1S/C21H18ClN3O2/c1-27-15-10-8-14(9-11-15)13-25-20(24-18-7-3-2-6-17(18)22)19-16(21(25)26)5-4-12-23-19/h2-12,20,24H,13H2,1H3/t20-/m0/s1. The average Bonchev–Trinajstić information content (AvgIpc) is 2.96. The van der Waals surface area contributed by atoms with Crippen LogP contribution in [0.2, 0.25) is 5.02 Å². The van der Waals surface area contributed by atoms with E-state index in [0.29, 0.717) is 22.8 Å². The fraction of sp³-hybridized carbons (Fsp3) is 0.143. The molecule has 3 aromatic rings. The quantitative estimate of drug-likeness (QED) is 0.708. The lowest BCUT2D eigenvalue weighted by Gasteiger charge is -2.27. The van der Waals surface area contributed by atoms with Gasteiger partial charge in [-0.05, 0) is 42.0 Å². The Morgan fingerprint density at radius 3 is 2.63 bits per heavy atom. The molecule has 0 radical (unpaired) electrons. The molecule has 1 aliphatic heterocycles. The van der Waals surface area contributed by atoms with Gasteiger partial charge in [-0.25, -0.2) is 0 Å². The highest BCUT2D eigenvalue weighted by molar-refractivity contribution is 6.33. The van der Waals surface area contributed by atoms with Crippen molar-refractivity contribution in [1.82, 2.24) is 9.88 Å². The highest BCUT2D eigenvalue weighted by atomic mass is 35.5. The molecule has 0 unspecified atom stereocenters. The summed E-state index contributed by atoms with van der Waals surface area (Å²) in [5.74, 6) is 0.723. The zero-order valence-corrected chi connectivity index (χ0v) is 15.5. The predicted molar refractivity (Wildman–Crippen MR) is 105 cm³/mol. The molecule has 0 aliphatic carbocycles. The maximum Gasteiger partial charge on any atom is 0.258 e. The van der Waals surface area contributed by atoms with Crippen LogP contribution in [0, 0.1) is 0 Å². The maximum atomic E-state index is 13.0. The molecule has 0 saturated heterocycles. The monoisotopic (exact) mass is 379 g/mol. The first kappa shape index (κ1) is 17.4. The molecule has 0 fully saturated rings. The van der Waals surface area contributed by atoms with E-state index in [4.69, 9.17) is 16.3 Å². The van der Waals surface area contributed by atoms with Gasteiger partial charge in [0, 0.05) is 12.7 Å². The number of benzene rings is 2. The first-order chi connectivity index (χ1) is 13.2. The Morgan fingerprint density at radius 1 is 1.11 bits per heavy atom. The number of aromatic nitrogens is 1. The number of para-hydroxylation sites is 1. The average molecular weight is 380 g/mol. The van der Waals surface area contributed by atoms with E-state index in [-0.39, 0.29) is 5.91 Å². The largest absolute Gasteiger partial charge is 0.497 e. The lowest BCUT2D eigenvalue weighted by Crippen LogP contribution is -2.32. The second-order valence-corrected chi connectivity index (χ2v) is 6.65. The van der Waals surface area contributed by atoms with Crippen molar-refractivity contribution in [2.24, 2.45) is 0 Å². The van der Waals surface area contributed by atoms with Crippen molar-refractivity contribution in [1.29, 1.82) is 0 Å². The Morgan fingerprint density at radius 2 is 1.89 bits per heavy atom. The van der Waals surface area contributed by atoms with Gasteiger partial charge >= 0.3 is 0 Å². The zero-order chi connectivity index (χ0) is 18.8. The molecule has 0 saturated carbocycles. The molecule has 4 rings (SSSR count). The molecule has 2 heterocycles. The molecular formula is C21H18ClN3O2. The molecule has 2 aromatic carbocycles. The highest BCUT2D eigenvalue weighted by Crippen LogP contribution is 2.35. The minimum absolute atomic E-state index is 0.0570. The number of ether oxygens (including phenoxy) is 1. The maximum absolute atomic E-state index is 13.0. The number of pyridine rings is 1. The minimum Gasteiger partial charge on any atom is -0.497 e. The van der Waals surface area contributed by atoms with Crippen LogP contribution in [-0.2, 0) is 6.54 Å². The molecule has 6 heteroatoms. The van der Waals surface area contributed by atoms with Crippen molar-refractivity contribution in [3.05, 3.63) is 88.7 Å². The number of hydrogen-bond donors (Lipinski definition) is 1. The fourth-order valence-electron chi connectivity index (χ4n) is 3.20. The van der Waals surface area contributed by atoms with E-state index in [1.54, 1.807) is 30.3 Å². The Bertz CT molecular complexity index is 975. The van der Waals surface area contributed by atoms with Crippen LogP contribution in [0.4, 0.5) is 5.69 Å². The first-order valence-corrected chi connectivity index (χ1v) is 8.95. The van der Waals surface area contributed by atoms with Crippen molar-refractivity contribution < 1.29 is 9.53 Å². The van der Waals surface area contributed by atoms with E-state index in [9.17, 15) is 4.79 Å². The molecule has 0 spiro atoms. The predicted octanol–water partition coefficient (Wildman–Crippen LogP) is 4.51. The number of rotatable bonds is 5. The summed E-state index contributed by atoms with van der Waals surface area (Å²) in [6.45, 7) is 0.446. The van der Waals surface area contributed by atoms with E-state index >= 15 is 0 Å². The van der Waals surface area contributed by atoms with Gasteiger partial charge in [-0.3, -0.25) is 9.78 Å². The van der Waals surface area contributed by atoms with Crippen LogP contribution in [-0.4, -0.2) is 22.9 Å². The number of methoxy groups -OCH3 is 1. The van der Waals surface area contributed by atoms with Crippen LogP contribution in [0.3, 0.4) is 0 Å². The third-order valence-electron chi connectivity index (χ3n) is 4.58. The molecule has 5 nitrogen and oxygen atoms in total. The lowest BCUT2D eigenvalue weighted by molar-refractivity contribution is 0.0728. The molecule has 1 aromatic heterocycles. The number of nitrogens with one attached hydrogen (secondary N) is 1. The van der Waals surface area contributed by atoms with Crippen LogP contribution in [0.25, 0.3) is 0 Å². The number of halogens is 1. The third kappa shape index (κ3) is 3.34. The van der Waals surface area contributed by atoms with Gasteiger partial charge in [0.1, 0.15) is 11.9 Å². The smallest absolute Gasteiger partial charge is 0.258 e. The SMILES string of the molecule is COc1ccc(CN2C(=O)c3cccnc3[C@H]2Nc2ccccc2Cl)cc1. The summed E-state index contributed by atoms with van der Waals surface area (Å²) in [5, 5.41) is 3.97. The number of carbonyl (C=O) groups is 1. The van der Waals surface area contributed by atoms with E-state index in [1.165, 1.54) is 0 Å². The fourth-order valence-corrected chi connectivity index (χ4v) is 3.39. The number of carbonyl (C=O) groups excluding carboxylic acids is 1. The summed E-state index contributed by atoms with van der Waals surface area (Å²) in [6.07, 6.45) is 1.31. The summed E-state index contributed by atoms with van der Waals surface area (Å²) in [7, 11) is 1.63. The lowest BCUT2D eigenvalue weighted by atomic mass is 10.2. The van der Waals surface area contributed by atoms with Crippen molar-refractivity contribution in [3.8, 4) is 5.75 Å². The molecule has 1 aliphatic rings. The van der Waals surface area contributed by atoms with E-state index in [0.717, 1.165) is 17.0 Å². The number of anilines is 1. The molecule has 27 heavy (non-hydrogen) atoms. The van der Waals surface area contributed by atoms with Gasteiger partial charge < -0.3 is 15.0 Å². The Hall–Kier alpha value is -3.05. The Kier molecular flexibility index (Phi) is 4.69. The van der Waals surface area contributed by atoms with Crippen molar-refractivity contribution in [3.63, 3.8) is 0 Å². The molecule has 1 N–H and O–H groups in total. The molecular weight excluding hydrogens is 362 g/mol. The van der Waals surface area contributed by atoms with Gasteiger partial charge in [0.05, 0.1) is 29.1 Å².